The minimum atomic E-state index is 0.225. The monoisotopic (exact) mass is 337 g/mol. The van der Waals surface area contributed by atoms with E-state index in [1.165, 1.54) is 4.88 Å². The zero-order valence-electron chi connectivity index (χ0n) is 13.7. The van der Waals surface area contributed by atoms with E-state index in [-0.39, 0.29) is 5.41 Å². The second-order valence-electron chi connectivity index (χ2n) is 7.39. The number of hydrogen-bond acceptors (Lipinski definition) is 5. The summed E-state index contributed by atoms with van der Waals surface area (Å²) in [5.41, 5.74) is 0.225. The Morgan fingerprint density at radius 2 is 2.22 bits per heavy atom. The minimum absolute atomic E-state index is 0.225. The molecule has 0 radical (unpaired) electrons. The highest BCUT2D eigenvalue weighted by Crippen LogP contribution is 2.42. The third kappa shape index (κ3) is 3.64. The van der Waals surface area contributed by atoms with Gasteiger partial charge in [0.25, 0.3) is 0 Å². The molecule has 0 bridgehead atoms. The molecule has 1 aromatic rings. The number of hydrogen-bond donors (Lipinski definition) is 0. The van der Waals surface area contributed by atoms with Crippen LogP contribution in [0.1, 0.15) is 17.7 Å². The van der Waals surface area contributed by atoms with Crippen molar-refractivity contribution in [1.29, 1.82) is 0 Å². The molecule has 1 aromatic heterocycles. The highest BCUT2D eigenvalue weighted by atomic mass is 32.1. The lowest BCUT2D eigenvalue weighted by Gasteiger charge is -2.29. The fourth-order valence-electron chi connectivity index (χ4n) is 4.23. The van der Waals surface area contributed by atoms with Gasteiger partial charge in [0.15, 0.2) is 0 Å². The van der Waals surface area contributed by atoms with Crippen molar-refractivity contribution < 1.29 is 14.2 Å². The van der Waals surface area contributed by atoms with E-state index < -0.39 is 0 Å². The summed E-state index contributed by atoms with van der Waals surface area (Å²) >= 11 is 1.86. The van der Waals surface area contributed by atoms with E-state index in [9.17, 15) is 0 Å². The van der Waals surface area contributed by atoms with Crippen molar-refractivity contribution in [3.8, 4) is 0 Å². The van der Waals surface area contributed by atoms with Crippen LogP contribution in [0.5, 0.6) is 0 Å². The molecule has 3 aliphatic heterocycles. The largest absolute Gasteiger partial charge is 0.381 e. The van der Waals surface area contributed by atoms with E-state index in [1.54, 1.807) is 0 Å². The molecule has 0 amide bonds. The fraction of sp³-hybridized carbons (Fsp3) is 0.778. The van der Waals surface area contributed by atoms with Gasteiger partial charge in [0.2, 0.25) is 0 Å². The number of fused-ring (bicyclic) bond motifs is 1. The Morgan fingerprint density at radius 1 is 1.30 bits per heavy atom. The third-order valence-electron chi connectivity index (χ3n) is 5.64. The van der Waals surface area contributed by atoms with Crippen LogP contribution in [0.4, 0.5) is 0 Å². The second-order valence-corrected chi connectivity index (χ2v) is 8.43. The molecule has 0 saturated carbocycles. The van der Waals surface area contributed by atoms with Crippen LogP contribution in [0.3, 0.4) is 0 Å². The van der Waals surface area contributed by atoms with Crippen molar-refractivity contribution in [1.82, 2.24) is 4.90 Å². The number of ether oxygens (including phenoxy) is 3. The Morgan fingerprint density at radius 3 is 3.04 bits per heavy atom. The lowest BCUT2D eigenvalue weighted by Crippen LogP contribution is -2.36. The molecule has 5 heteroatoms. The van der Waals surface area contributed by atoms with Crippen molar-refractivity contribution in [2.75, 3.05) is 52.7 Å². The molecule has 3 saturated heterocycles. The molecule has 0 N–H and O–H groups in total. The van der Waals surface area contributed by atoms with E-state index >= 15 is 0 Å². The summed E-state index contributed by atoms with van der Waals surface area (Å²) in [4.78, 5) is 4.06. The normalized spacial score (nSPS) is 32.4. The predicted octanol–water partition coefficient (Wildman–Crippen LogP) is 2.64. The number of rotatable bonds is 6. The summed E-state index contributed by atoms with van der Waals surface area (Å²) in [6.07, 6.45) is 2.30. The van der Waals surface area contributed by atoms with Gasteiger partial charge in [-0.25, -0.2) is 0 Å². The molecule has 23 heavy (non-hydrogen) atoms. The van der Waals surface area contributed by atoms with Crippen LogP contribution in [0.15, 0.2) is 17.5 Å². The number of thiophene rings is 1. The van der Waals surface area contributed by atoms with Crippen LogP contribution in [0.25, 0.3) is 0 Å². The van der Waals surface area contributed by atoms with E-state index in [0.29, 0.717) is 11.8 Å². The van der Waals surface area contributed by atoms with Gasteiger partial charge in [-0.15, -0.1) is 11.3 Å². The first kappa shape index (κ1) is 16.0. The lowest BCUT2D eigenvalue weighted by atomic mass is 9.82. The van der Waals surface area contributed by atoms with Crippen LogP contribution in [-0.4, -0.2) is 57.6 Å². The van der Waals surface area contributed by atoms with Gasteiger partial charge < -0.3 is 14.2 Å². The average molecular weight is 337 g/mol. The molecule has 3 fully saturated rings. The smallest absolute Gasteiger partial charge is 0.0561 e. The zero-order valence-corrected chi connectivity index (χ0v) is 14.6. The van der Waals surface area contributed by atoms with Crippen molar-refractivity contribution in [2.45, 2.75) is 19.4 Å². The number of likely N-dealkylation sites (tertiary alicyclic amines) is 1. The highest BCUT2D eigenvalue weighted by Gasteiger charge is 2.50. The van der Waals surface area contributed by atoms with E-state index in [1.807, 2.05) is 11.3 Å². The Hall–Kier alpha value is -0.460. The van der Waals surface area contributed by atoms with Gasteiger partial charge in [0.05, 0.1) is 19.8 Å². The lowest BCUT2D eigenvalue weighted by molar-refractivity contribution is -0.0156. The van der Waals surface area contributed by atoms with Gasteiger partial charge in [-0.1, -0.05) is 6.07 Å². The van der Waals surface area contributed by atoms with Gasteiger partial charge in [-0.3, -0.25) is 4.90 Å². The van der Waals surface area contributed by atoms with Crippen LogP contribution in [0.2, 0.25) is 0 Å². The van der Waals surface area contributed by atoms with Crippen molar-refractivity contribution in [2.24, 2.45) is 17.3 Å². The molecule has 0 aliphatic carbocycles. The van der Waals surface area contributed by atoms with E-state index in [2.05, 4.69) is 22.4 Å². The molecule has 4 rings (SSSR count). The third-order valence-corrected chi connectivity index (χ3v) is 6.50. The molecule has 0 unspecified atom stereocenters. The quantitative estimate of drug-likeness (QED) is 0.798. The molecule has 0 spiro atoms. The first-order valence-electron chi connectivity index (χ1n) is 8.82. The Kier molecular flexibility index (Phi) is 5.02. The van der Waals surface area contributed by atoms with Crippen molar-refractivity contribution >= 4 is 11.3 Å². The summed E-state index contributed by atoms with van der Waals surface area (Å²) in [6, 6.07) is 4.39. The van der Waals surface area contributed by atoms with Crippen molar-refractivity contribution in [3.05, 3.63) is 22.4 Å². The maximum absolute atomic E-state index is 6.19. The summed E-state index contributed by atoms with van der Waals surface area (Å²) < 4.78 is 17.4. The van der Waals surface area contributed by atoms with Crippen molar-refractivity contribution in [3.63, 3.8) is 0 Å². The first-order valence-corrected chi connectivity index (χ1v) is 9.70. The highest BCUT2D eigenvalue weighted by molar-refractivity contribution is 7.09. The summed E-state index contributed by atoms with van der Waals surface area (Å²) in [7, 11) is 0. The van der Waals surface area contributed by atoms with E-state index in [0.717, 1.165) is 72.1 Å². The predicted molar refractivity (Wildman–Crippen MR) is 90.7 cm³/mol. The van der Waals surface area contributed by atoms with Crippen LogP contribution in [0, 0.1) is 17.3 Å². The van der Waals surface area contributed by atoms with Gasteiger partial charge in [0.1, 0.15) is 0 Å². The van der Waals surface area contributed by atoms with Crippen LogP contribution < -0.4 is 0 Å². The van der Waals surface area contributed by atoms with Gasteiger partial charge in [-0.2, -0.15) is 0 Å². The topological polar surface area (TPSA) is 30.9 Å². The molecular weight excluding hydrogens is 310 g/mol. The molecule has 3 aliphatic rings. The summed E-state index contributed by atoms with van der Waals surface area (Å²) in [5, 5.41) is 2.17. The zero-order chi connectivity index (χ0) is 15.5. The first-order chi connectivity index (χ1) is 11.3. The average Bonchev–Trinajstić information content (AvgIpc) is 3.25. The summed E-state index contributed by atoms with van der Waals surface area (Å²) in [5.74, 6) is 1.32. The number of nitrogens with zero attached hydrogens (tertiary/aromatic N) is 1. The van der Waals surface area contributed by atoms with Gasteiger partial charge >= 0.3 is 0 Å². The van der Waals surface area contributed by atoms with Gasteiger partial charge in [0, 0.05) is 55.7 Å². The van der Waals surface area contributed by atoms with E-state index in [4.69, 9.17) is 14.2 Å². The maximum Gasteiger partial charge on any atom is 0.0561 e. The molecule has 2 atom stereocenters. The van der Waals surface area contributed by atoms with Gasteiger partial charge in [-0.05, 0) is 30.2 Å². The van der Waals surface area contributed by atoms with Crippen LogP contribution in [-0.2, 0) is 20.8 Å². The SMILES string of the molecule is c1csc(CN2C[C@@H]3COC[C@]3(COCC3CCOCC3)C2)c1. The molecular formula is C18H27NO3S. The summed E-state index contributed by atoms with van der Waals surface area (Å²) in [6.45, 7) is 8.67. The molecule has 4 heterocycles. The Bertz CT molecular complexity index is 488. The molecule has 4 nitrogen and oxygen atoms in total. The molecule has 128 valence electrons. The Labute approximate surface area is 142 Å². The second kappa shape index (κ2) is 7.19. The molecule has 0 aromatic carbocycles. The Balaban J connectivity index is 1.30. The van der Waals surface area contributed by atoms with Crippen LogP contribution >= 0.6 is 11.3 Å². The maximum atomic E-state index is 6.19. The minimum Gasteiger partial charge on any atom is -0.381 e. The standard InChI is InChI=1S/C18H27NO3S/c1-2-17(23-7-1)9-19-8-16-11-22-14-18(16,12-19)13-21-10-15-3-5-20-6-4-15/h1-2,7,15-16H,3-6,8-14H2/t16-,18-/m1/s1. The fourth-order valence-corrected chi connectivity index (χ4v) is 4.98.